The van der Waals surface area contributed by atoms with Gasteiger partial charge in [-0.15, -0.1) is 0 Å². The molecular formula is C14H17ClN2O2. The van der Waals surface area contributed by atoms with Gasteiger partial charge in [-0.1, -0.05) is 17.7 Å². The van der Waals surface area contributed by atoms with Gasteiger partial charge in [0.25, 0.3) is 5.91 Å². The SMILES string of the molecule is CN(C)C(=O)C1CCCN1C(=O)c1cccc(Cl)c1. The third-order valence-corrected chi connectivity index (χ3v) is 3.55. The summed E-state index contributed by atoms with van der Waals surface area (Å²) in [5.74, 6) is -0.145. The molecule has 0 saturated carbocycles. The van der Waals surface area contributed by atoms with E-state index >= 15 is 0 Å². The molecule has 2 rings (SSSR count). The third-order valence-electron chi connectivity index (χ3n) is 3.31. The molecule has 1 aromatic carbocycles. The first-order chi connectivity index (χ1) is 9.00. The van der Waals surface area contributed by atoms with Crippen molar-refractivity contribution in [3.63, 3.8) is 0 Å². The number of halogens is 1. The lowest BCUT2D eigenvalue weighted by Gasteiger charge is -2.26. The summed E-state index contributed by atoms with van der Waals surface area (Å²) in [5.41, 5.74) is 0.533. The van der Waals surface area contributed by atoms with Crippen LogP contribution in [0.25, 0.3) is 0 Å². The zero-order chi connectivity index (χ0) is 14.0. The molecule has 1 heterocycles. The van der Waals surface area contributed by atoms with Crippen molar-refractivity contribution in [1.29, 1.82) is 0 Å². The highest BCUT2D eigenvalue weighted by atomic mass is 35.5. The molecule has 5 heteroatoms. The van der Waals surface area contributed by atoms with Gasteiger partial charge in [-0.05, 0) is 31.0 Å². The van der Waals surface area contributed by atoms with E-state index in [9.17, 15) is 9.59 Å². The van der Waals surface area contributed by atoms with Crippen molar-refractivity contribution in [2.45, 2.75) is 18.9 Å². The number of hydrogen-bond acceptors (Lipinski definition) is 2. The Bertz CT molecular complexity index is 502. The maximum Gasteiger partial charge on any atom is 0.254 e. The van der Waals surface area contributed by atoms with E-state index in [1.165, 1.54) is 4.90 Å². The zero-order valence-corrected chi connectivity index (χ0v) is 11.9. The van der Waals surface area contributed by atoms with Gasteiger partial charge in [0.1, 0.15) is 6.04 Å². The fourth-order valence-corrected chi connectivity index (χ4v) is 2.54. The van der Waals surface area contributed by atoms with E-state index in [2.05, 4.69) is 0 Å². The number of likely N-dealkylation sites (N-methyl/N-ethyl adjacent to an activating group) is 1. The van der Waals surface area contributed by atoms with Gasteiger partial charge < -0.3 is 9.80 Å². The first-order valence-corrected chi connectivity index (χ1v) is 6.66. The Labute approximate surface area is 117 Å². The second-order valence-electron chi connectivity index (χ2n) is 4.90. The molecule has 1 fully saturated rings. The Kier molecular flexibility index (Phi) is 4.10. The molecule has 2 amide bonds. The maximum absolute atomic E-state index is 12.4. The molecule has 1 atom stereocenters. The molecule has 0 aromatic heterocycles. The lowest BCUT2D eigenvalue weighted by molar-refractivity contribution is -0.132. The van der Waals surface area contributed by atoms with Gasteiger partial charge in [0, 0.05) is 31.2 Å². The minimum Gasteiger partial charge on any atom is -0.347 e. The molecule has 1 aliphatic heterocycles. The number of hydrogen-bond donors (Lipinski definition) is 0. The van der Waals surface area contributed by atoms with Crippen LogP contribution in [0.2, 0.25) is 5.02 Å². The molecule has 1 saturated heterocycles. The average Bonchev–Trinajstić information content (AvgIpc) is 2.85. The summed E-state index contributed by atoms with van der Waals surface area (Å²) in [7, 11) is 3.42. The lowest BCUT2D eigenvalue weighted by atomic mass is 10.1. The number of amides is 2. The number of likely N-dealkylation sites (tertiary alicyclic amines) is 1. The standard InChI is InChI=1S/C14H17ClN2O2/c1-16(2)14(19)12-7-4-8-17(12)13(18)10-5-3-6-11(15)9-10/h3,5-6,9,12H,4,7-8H2,1-2H3. The van der Waals surface area contributed by atoms with E-state index < -0.39 is 0 Å². The first-order valence-electron chi connectivity index (χ1n) is 6.28. The molecule has 0 bridgehead atoms. The minimum absolute atomic E-state index is 0.0205. The van der Waals surface area contributed by atoms with Crippen molar-refractivity contribution >= 4 is 23.4 Å². The number of nitrogens with zero attached hydrogens (tertiary/aromatic N) is 2. The largest absolute Gasteiger partial charge is 0.347 e. The van der Waals surface area contributed by atoms with E-state index in [1.54, 1.807) is 43.3 Å². The summed E-state index contributed by atoms with van der Waals surface area (Å²) >= 11 is 5.90. The molecule has 102 valence electrons. The van der Waals surface area contributed by atoms with Crippen LogP contribution in [0, 0.1) is 0 Å². The summed E-state index contributed by atoms with van der Waals surface area (Å²) < 4.78 is 0. The van der Waals surface area contributed by atoms with Crippen LogP contribution in [0.4, 0.5) is 0 Å². The van der Waals surface area contributed by atoms with Gasteiger partial charge in [-0.2, -0.15) is 0 Å². The highest BCUT2D eigenvalue weighted by Crippen LogP contribution is 2.22. The van der Waals surface area contributed by atoms with Crippen LogP contribution < -0.4 is 0 Å². The highest BCUT2D eigenvalue weighted by Gasteiger charge is 2.35. The minimum atomic E-state index is -0.346. The van der Waals surface area contributed by atoms with Crippen molar-refractivity contribution in [3.05, 3.63) is 34.9 Å². The van der Waals surface area contributed by atoms with Gasteiger partial charge in [0.15, 0.2) is 0 Å². The molecule has 1 aliphatic rings. The van der Waals surface area contributed by atoms with Crippen molar-refractivity contribution in [1.82, 2.24) is 9.80 Å². The Morgan fingerprint density at radius 2 is 2.11 bits per heavy atom. The fourth-order valence-electron chi connectivity index (χ4n) is 2.35. The molecule has 0 N–H and O–H groups in total. The van der Waals surface area contributed by atoms with Crippen LogP contribution in [0.5, 0.6) is 0 Å². The molecular weight excluding hydrogens is 264 g/mol. The number of carbonyl (C=O) groups excluding carboxylic acids is 2. The molecule has 1 unspecified atom stereocenters. The Morgan fingerprint density at radius 1 is 1.37 bits per heavy atom. The first kappa shape index (κ1) is 13.9. The number of carbonyl (C=O) groups is 2. The molecule has 19 heavy (non-hydrogen) atoms. The Balaban J connectivity index is 2.21. The van der Waals surface area contributed by atoms with Crippen LogP contribution in [0.3, 0.4) is 0 Å². The van der Waals surface area contributed by atoms with Gasteiger partial charge in [0.2, 0.25) is 5.91 Å². The zero-order valence-electron chi connectivity index (χ0n) is 11.1. The number of rotatable bonds is 2. The van der Waals surface area contributed by atoms with Crippen LogP contribution in [0.15, 0.2) is 24.3 Å². The van der Waals surface area contributed by atoms with Gasteiger partial charge >= 0.3 is 0 Å². The fraction of sp³-hybridized carbons (Fsp3) is 0.429. The molecule has 0 spiro atoms. The monoisotopic (exact) mass is 280 g/mol. The molecule has 0 radical (unpaired) electrons. The quantitative estimate of drug-likeness (QED) is 0.832. The van der Waals surface area contributed by atoms with E-state index in [0.29, 0.717) is 17.1 Å². The second-order valence-corrected chi connectivity index (χ2v) is 5.34. The van der Waals surface area contributed by atoms with Gasteiger partial charge in [0.05, 0.1) is 0 Å². The molecule has 1 aromatic rings. The van der Waals surface area contributed by atoms with Crippen LogP contribution in [0.1, 0.15) is 23.2 Å². The van der Waals surface area contributed by atoms with Gasteiger partial charge in [-0.25, -0.2) is 0 Å². The van der Waals surface area contributed by atoms with Crippen molar-refractivity contribution in [3.8, 4) is 0 Å². The normalized spacial score (nSPS) is 18.5. The summed E-state index contributed by atoms with van der Waals surface area (Å²) in [6.07, 6.45) is 1.58. The summed E-state index contributed by atoms with van der Waals surface area (Å²) in [6.45, 7) is 0.621. The summed E-state index contributed by atoms with van der Waals surface area (Å²) in [4.78, 5) is 27.7. The Morgan fingerprint density at radius 3 is 2.74 bits per heavy atom. The lowest BCUT2D eigenvalue weighted by Crippen LogP contribution is -2.45. The predicted molar refractivity (Wildman–Crippen MR) is 74.2 cm³/mol. The maximum atomic E-state index is 12.4. The highest BCUT2D eigenvalue weighted by molar-refractivity contribution is 6.31. The van der Waals surface area contributed by atoms with Crippen LogP contribution in [-0.4, -0.2) is 48.3 Å². The van der Waals surface area contributed by atoms with E-state index in [-0.39, 0.29) is 17.9 Å². The van der Waals surface area contributed by atoms with E-state index in [0.717, 1.165) is 12.8 Å². The van der Waals surface area contributed by atoms with E-state index in [4.69, 9.17) is 11.6 Å². The van der Waals surface area contributed by atoms with Gasteiger partial charge in [-0.3, -0.25) is 9.59 Å². The molecule has 0 aliphatic carbocycles. The van der Waals surface area contributed by atoms with Crippen LogP contribution in [-0.2, 0) is 4.79 Å². The predicted octanol–water partition coefficient (Wildman–Crippen LogP) is 2.03. The van der Waals surface area contributed by atoms with E-state index in [1.807, 2.05) is 0 Å². The average molecular weight is 281 g/mol. The topological polar surface area (TPSA) is 40.6 Å². The van der Waals surface area contributed by atoms with Crippen LogP contribution >= 0.6 is 11.6 Å². The number of benzene rings is 1. The van der Waals surface area contributed by atoms with Crippen molar-refractivity contribution in [2.75, 3.05) is 20.6 Å². The summed E-state index contributed by atoms with van der Waals surface area (Å²) in [6, 6.07) is 6.49. The second kappa shape index (κ2) is 5.61. The Hall–Kier alpha value is -1.55. The third kappa shape index (κ3) is 2.89. The smallest absolute Gasteiger partial charge is 0.254 e. The van der Waals surface area contributed by atoms with Crippen molar-refractivity contribution < 1.29 is 9.59 Å². The summed E-state index contributed by atoms with van der Waals surface area (Å²) in [5, 5.41) is 0.528. The molecule has 4 nitrogen and oxygen atoms in total. The van der Waals surface area contributed by atoms with Crippen molar-refractivity contribution in [2.24, 2.45) is 0 Å².